The number of aryl methyl sites for hydroxylation is 1. The summed E-state index contributed by atoms with van der Waals surface area (Å²) in [5, 5.41) is 4.62. The minimum atomic E-state index is -0.429. The van der Waals surface area contributed by atoms with Crippen LogP contribution in [0.5, 0.6) is 0 Å². The maximum atomic E-state index is 12.5. The van der Waals surface area contributed by atoms with Gasteiger partial charge in [-0.1, -0.05) is 78.4 Å². The van der Waals surface area contributed by atoms with Gasteiger partial charge >= 0.3 is 5.97 Å². The lowest BCUT2D eigenvalue weighted by molar-refractivity contribution is 0.0519. The molecular formula is C27H24N2O2. The zero-order valence-electron chi connectivity index (χ0n) is 17.7. The molecule has 0 saturated heterocycles. The van der Waals surface area contributed by atoms with Crippen LogP contribution >= 0.6 is 0 Å². The third-order valence-electron chi connectivity index (χ3n) is 4.94. The van der Waals surface area contributed by atoms with Crippen LogP contribution in [-0.2, 0) is 4.74 Å². The SMILES string of the molecule is CCOC(=O)c1cc(/C(=C/c2ccccc2)c2ccccc2)n(-c2ccc(C)cc2)n1. The fourth-order valence-corrected chi connectivity index (χ4v) is 3.40. The summed E-state index contributed by atoms with van der Waals surface area (Å²) in [5.41, 5.74) is 6.22. The van der Waals surface area contributed by atoms with Crippen LogP contribution in [-0.4, -0.2) is 22.4 Å². The minimum Gasteiger partial charge on any atom is -0.461 e. The Balaban J connectivity index is 1.94. The van der Waals surface area contributed by atoms with Crippen molar-refractivity contribution >= 4 is 17.6 Å². The van der Waals surface area contributed by atoms with Crippen molar-refractivity contribution in [2.24, 2.45) is 0 Å². The first kappa shape index (κ1) is 20.4. The number of benzene rings is 3. The lowest BCUT2D eigenvalue weighted by atomic mass is 9.99. The number of ether oxygens (including phenoxy) is 1. The van der Waals surface area contributed by atoms with Crippen LogP contribution in [0.25, 0.3) is 17.3 Å². The molecule has 0 aliphatic heterocycles. The van der Waals surface area contributed by atoms with Gasteiger partial charge < -0.3 is 4.74 Å². The van der Waals surface area contributed by atoms with Crippen LogP contribution in [0.4, 0.5) is 0 Å². The van der Waals surface area contributed by atoms with Crippen molar-refractivity contribution in [3.05, 3.63) is 119 Å². The number of rotatable bonds is 6. The second-order valence-electron chi connectivity index (χ2n) is 7.22. The number of hydrogen-bond donors (Lipinski definition) is 0. The predicted molar refractivity (Wildman–Crippen MR) is 124 cm³/mol. The zero-order valence-corrected chi connectivity index (χ0v) is 17.7. The Hall–Kier alpha value is -3.92. The Morgan fingerprint density at radius 3 is 2.23 bits per heavy atom. The molecule has 0 fully saturated rings. The van der Waals surface area contributed by atoms with Gasteiger partial charge in [0, 0.05) is 5.57 Å². The summed E-state index contributed by atoms with van der Waals surface area (Å²) in [5.74, 6) is -0.429. The van der Waals surface area contributed by atoms with Gasteiger partial charge in [-0.2, -0.15) is 5.10 Å². The van der Waals surface area contributed by atoms with Crippen molar-refractivity contribution in [1.29, 1.82) is 0 Å². The second kappa shape index (κ2) is 9.26. The molecule has 31 heavy (non-hydrogen) atoms. The second-order valence-corrected chi connectivity index (χ2v) is 7.22. The van der Waals surface area contributed by atoms with Gasteiger partial charge in [0.15, 0.2) is 5.69 Å². The summed E-state index contributed by atoms with van der Waals surface area (Å²) in [6.45, 7) is 4.14. The first-order valence-corrected chi connectivity index (χ1v) is 10.3. The molecule has 0 bridgehead atoms. The number of hydrogen-bond acceptors (Lipinski definition) is 3. The lowest BCUT2D eigenvalue weighted by Crippen LogP contribution is -2.07. The molecule has 1 heterocycles. The standard InChI is InChI=1S/C27H24N2O2/c1-3-31-27(30)25-19-26(29(28-25)23-16-14-20(2)15-17-23)24(22-12-8-5-9-13-22)18-21-10-6-4-7-11-21/h4-19H,3H2,1-2H3/b24-18+. The van der Waals surface area contributed by atoms with E-state index >= 15 is 0 Å². The van der Waals surface area contributed by atoms with Crippen molar-refractivity contribution in [3.63, 3.8) is 0 Å². The van der Waals surface area contributed by atoms with Crippen molar-refractivity contribution < 1.29 is 9.53 Å². The minimum absolute atomic E-state index is 0.285. The molecule has 0 radical (unpaired) electrons. The van der Waals surface area contributed by atoms with E-state index in [2.05, 4.69) is 35.4 Å². The molecule has 0 saturated carbocycles. The van der Waals surface area contributed by atoms with E-state index in [1.807, 2.05) is 72.3 Å². The van der Waals surface area contributed by atoms with Crippen molar-refractivity contribution in [3.8, 4) is 5.69 Å². The maximum Gasteiger partial charge on any atom is 0.358 e. The Morgan fingerprint density at radius 1 is 0.935 bits per heavy atom. The normalized spacial score (nSPS) is 11.4. The van der Waals surface area contributed by atoms with E-state index in [9.17, 15) is 4.79 Å². The summed E-state index contributed by atoms with van der Waals surface area (Å²) < 4.78 is 7.03. The van der Waals surface area contributed by atoms with E-state index in [0.717, 1.165) is 33.6 Å². The first-order chi connectivity index (χ1) is 15.2. The van der Waals surface area contributed by atoms with Crippen molar-refractivity contribution in [2.75, 3.05) is 6.61 Å². The van der Waals surface area contributed by atoms with Crippen molar-refractivity contribution in [1.82, 2.24) is 9.78 Å². The largest absolute Gasteiger partial charge is 0.461 e. The molecule has 0 spiro atoms. The molecule has 4 rings (SSSR count). The van der Waals surface area contributed by atoms with E-state index < -0.39 is 5.97 Å². The summed E-state index contributed by atoms with van der Waals surface area (Å²) in [4.78, 5) is 12.5. The molecule has 4 nitrogen and oxygen atoms in total. The number of carbonyl (C=O) groups is 1. The van der Waals surface area contributed by atoms with Crippen LogP contribution in [0.2, 0.25) is 0 Å². The molecule has 0 aliphatic rings. The van der Waals surface area contributed by atoms with Gasteiger partial charge in [0.25, 0.3) is 0 Å². The van der Waals surface area contributed by atoms with Gasteiger partial charge in [-0.15, -0.1) is 0 Å². The van der Waals surface area contributed by atoms with Gasteiger partial charge in [0.1, 0.15) is 0 Å². The third kappa shape index (κ3) is 4.64. The summed E-state index contributed by atoms with van der Waals surface area (Å²) in [6.07, 6.45) is 2.12. The molecule has 0 unspecified atom stereocenters. The van der Waals surface area contributed by atoms with E-state index in [1.54, 1.807) is 13.0 Å². The van der Waals surface area contributed by atoms with Crippen LogP contribution < -0.4 is 0 Å². The van der Waals surface area contributed by atoms with E-state index in [1.165, 1.54) is 0 Å². The number of nitrogens with zero attached hydrogens (tertiary/aromatic N) is 2. The molecule has 3 aromatic carbocycles. The monoisotopic (exact) mass is 408 g/mol. The average molecular weight is 409 g/mol. The molecule has 4 aromatic rings. The maximum absolute atomic E-state index is 12.5. The molecule has 154 valence electrons. The number of aromatic nitrogens is 2. The zero-order chi connectivity index (χ0) is 21.6. The van der Waals surface area contributed by atoms with Crippen LogP contribution in [0, 0.1) is 6.92 Å². The lowest BCUT2D eigenvalue weighted by Gasteiger charge is -2.12. The average Bonchev–Trinajstić information content (AvgIpc) is 3.25. The summed E-state index contributed by atoms with van der Waals surface area (Å²) in [6, 6.07) is 30.1. The van der Waals surface area contributed by atoms with E-state index in [4.69, 9.17) is 4.74 Å². The van der Waals surface area contributed by atoms with Crippen LogP contribution in [0.1, 0.15) is 39.8 Å². The van der Waals surface area contributed by atoms with Crippen molar-refractivity contribution in [2.45, 2.75) is 13.8 Å². The highest BCUT2D eigenvalue weighted by atomic mass is 16.5. The van der Waals surface area contributed by atoms with Gasteiger partial charge in [0.2, 0.25) is 0 Å². The molecule has 0 N–H and O–H groups in total. The fraction of sp³-hybridized carbons (Fsp3) is 0.111. The van der Waals surface area contributed by atoms with Crippen LogP contribution in [0.15, 0.2) is 91.0 Å². The highest BCUT2D eigenvalue weighted by Gasteiger charge is 2.20. The number of carbonyl (C=O) groups excluding carboxylic acids is 1. The van der Waals surface area contributed by atoms with Crippen LogP contribution in [0.3, 0.4) is 0 Å². The third-order valence-corrected chi connectivity index (χ3v) is 4.94. The Kier molecular flexibility index (Phi) is 6.08. The highest BCUT2D eigenvalue weighted by molar-refractivity contribution is 5.94. The first-order valence-electron chi connectivity index (χ1n) is 10.3. The smallest absolute Gasteiger partial charge is 0.358 e. The highest BCUT2D eigenvalue weighted by Crippen LogP contribution is 2.29. The predicted octanol–water partition coefficient (Wildman–Crippen LogP) is 5.95. The van der Waals surface area contributed by atoms with E-state index in [0.29, 0.717) is 6.61 Å². The van der Waals surface area contributed by atoms with Gasteiger partial charge in [0.05, 0.1) is 18.0 Å². The Labute approximate surface area is 182 Å². The molecule has 4 heteroatoms. The van der Waals surface area contributed by atoms with Gasteiger partial charge in [-0.25, -0.2) is 9.48 Å². The fourth-order valence-electron chi connectivity index (χ4n) is 3.40. The quantitative estimate of drug-likeness (QED) is 0.293. The summed E-state index contributed by atoms with van der Waals surface area (Å²) in [7, 11) is 0. The Morgan fingerprint density at radius 2 is 1.58 bits per heavy atom. The molecule has 0 amide bonds. The number of esters is 1. The summed E-state index contributed by atoms with van der Waals surface area (Å²) >= 11 is 0. The van der Waals surface area contributed by atoms with Gasteiger partial charge in [-0.3, -0.25) is 0 Å². The Bertz CT molecular complexity index is 1190. The topological polar surface area (TPSA) is 44.1 Å². The molecule has 0 atom stereocenters. The van der Waals surface area contributed by atoms with E-state index in [-0.39, 0.29) is 5.69 Å². The molecule has 0 aliphatic carbocycles. The van der Waals surface area contributed by atoms with Gasteiger partial charge in [-0.05, 0) is 49.2 Å². The molecule has 1 aromatic heterocycles. The molecular weight excluding hydrogens is 384 g/mol.